The highest BCUT2D eigenvalue weighted by molar-refractivity contribution is 6.32. The average molecular weight is 281 g/mol. The lowest BCUT2D eigenvalue weighted by Crippen LogP contribution is -2.13. The summed E-state index contributed by atoms with van der Waals surface area (Å²) in [5.74, 6) is 0.912. The van der Waals surface area contributed by atoms with Gasteiger partial charge in [-0.2, -0.15) is 10.3 Å². The topological polar surface area (TPSA) is 79.9 Å². The maximum atomic E-state index is 11.5. The van der Waals surface area contributed by atoms with E-state index in [-0.39, 0.29) is 5.91 Å². The van der Waals surface area contributed by atoms with Gasteiger partial charge in [0.1, 0.15) is 5.75 Å². The van der Waals surface area contributed by atoms with Crippen LogP contribution in [0.15, 0.2) is 30.5 Å². The number of anilines is 1. The van der Waals surface area contributed by atoms with Crippen molar-refractivity contribution in [1.82, 2.24) is 15.4 Å². The molecule has 0 saturated heterocycles. The quantitative estimate of drug-likeness (QED) is 0.796. The van der Waals surface area contributed by atoms with Crippen LogP contribution in [-0.2, 0) is 4.79 Å². The van der Waals surface area contributed by atoms with E-state index in [1.165, 1.54) is 6.20 Å². The van der Waals surface area contributed by atoms with Crippen LogP contribution in [0.4, 0.5) is 5.82 Å². The number of halogens is 1. The zero-order chi connectivity index (χ0) is 13.5. The Kier molecular flexibility index (Phi) is 4.74. The summed E-state index contributed by atoms with van der Waals surface area (Å²) in [6.45, 7) is 0.427. The summed E-state index contributed by atoms with van der Waals surface area (Å²) in [5.41, 5.74) is 0. The van der Waals surface area contributed by atoms with Crippen LogP contribution in [0.25, 0.3) is 0 Å². The monoisotopic (exact) mass is 280 g/mol. The van der Waals surface area contributed by atoms with Gasteiger partial charge in [-0.3, -0.25) is 4.79 Å². The van der Waals surface area contributed by atoms with Gasteiger partial charge in [0, 0.05) is 6.42 Å². The molecule has 1 heterocycles. The number of hydrogen-bond donors (Lipinski definition) is 2. The van der Waals surface area contributed by atoms with Crippen LogP contribution in [0.3, 0.4) is 0 Å². The van der Waals surface area contributed by atoms with Crippen molar-refractivity contribution in [3.8, 4) is 5.75 Å². The predicted molar refractivity (Wildman–Crippen MR) is 71.2 cm³/mol. The minimum atomic E-state index is -0.128. The molecule has 0 unspecified atom stereocenters. The first-order valence-corrected chi connectivity index (χ1v) is 6.16. The Bertz CT molecular complexity index is 530. The number of H-pyrrole nitrogens is 1. The molecule has 1 aromatic carbocycles. The number of aromatic amines is 1. The molecule has 0 fully saturated rings. The van der Waals surface area contributed by atoms with Gasteiger partial charge >= 0.3 is 0 Å². The molecule has 0 spiro atoms. The lowest BCUT2D eigenvalue weighted by Gasteiger charge is -2.07. The maximum Gasteiger partial charge on any atom is 0.225 e. The first-order chi connectivity index (χ1) is 9.25. The summed E-state index contributed by atoms with van der Waals surface area (Å²) in [6, 6.07) is 7.23. The summed E-state index contributed by atoms with van der Waals surface area (Å²) >= 11 is 5.94. The number of nitrogens with one attached hydrogen (secondary N) is 2. The van der Waals surface area contributed by atoms with E-state index in [1.807, 2.05) is 12.1 Å². The molecule has 0 aliphatic rings. The van der Waals surface area contributed by atoms with Crippen molar-refractivity contribution < 1.29 is 9.53 Å². The van der Waals surface area contributed by atoms with E-state index in [0.717, 1.165) is 0 Å². The zero-order valence-corrected chi connectivity index (χ0v) is 10.9. The van der Waals surface area contributed by atoms with Gasteiger partial charge in [0.15, 0.2) is 5.82 Å². The number of aromatic nitrogens is 3. The van der Waals surface area contributed by atoms with Crippen LogP contribution in [0.5, 0.6) is 5.75 Å². The van der Waals surface area contributed by atoms with Crippen molar-refractivity contribution in [3.05, 3.63) is 35.5 Å². The Morgan fingerprint density at radius 3 is 3.00 bits per heavy atom. The molecule has 7 heteroatoms. The van der Waals surface area contributed by atoms with Gasteiger partial charge in [-0.05, 0) is 18.6 Å². The van der Waals surface area contributed by atoms with Gasteiger partial charge in [0.25, 0.3) is 0 Å². The number of amides is 1. The molecule has 0 atom stereocenters. The van der Waals surface area contributed by atoms with Crippen LogP contribution in [-0.4, -0.2) is 27.9 Å². The molecule has 1 amide bonds. The van der Waals surface area contributed by atoms with Gasteiger partial charge < -0.3 is 10.1 Å². The third kappa shape index (κ3) is 4.26. The lowest BCUT2D eigenvalue weighted by molar-refractivity contribution is -0.116. The molecule has 0 bridgehead atoms. The van der Waals surface area contributed by atoms with Gasteiger partial charge in [-0.15, -0.1) is 5.10 Å². The fourth-order valence-corrected chi connectivity index (χ4v) is 1.63. The number of hydrogen-bond acceptors (Lipinski definition) is 4. The maximum absolute atomic E-state index is 11.5. The number of carbonyl (C=O) groups is 1. The van der Waals surface area contributed by atoms with Crippen molar-refractivity contribution in [2.45, 2.75) is 12.8 Å². The third-order valence-electron chi connectivity index (χ3n) is 2.32. The van der Waals surface area contributed by atoms with Crippen molar-refractivity contribution >= 4 is 23.3 Å². The first kappa shape index (κ1) is 13.4. The van der Waals surface area contributed by atoms with Crippen LogP contribution >= 0.6 is 11.6 Å². The summed E-state index contributed by atoms with van der Waals surface area (Å²) in [6.07, 6.45) is 2.38. The highest BCUT2D eigenvalue weighted by Gasteiger charge is 2.05. The van der Waals surface area contributed by atoms with Gasteiger partial charge in [0.2, 0.25) is 5.91 Å². The SMILES string of the molecule is O=C(CCCOc1ccccc1Cl)Nc1cn[nH]n1. The number of nitrogens with zero attached hydrogens (tertiary/aromatic N) is 2. The summed E-state index contributed by atoms with van der Waals surface area (Å²) in [7, 11) is 0. The molecule has 100 valence electrons. The van der Waals surface area contributed by atoms with Crippen LogP contribution in [0.2, 0.25) is 5.02 Å². The summed E-state index contributed by atoms with van der Waals surface area (Å²) in [5, 5.41) is 12.9. The van der Waals surface area contributed by atoms with Crippen LogP contribution in [0, 0.1) is 0 Å². The average Bonchev–Trinajstić information content (AvgIpc) is 2.89. The zero-order valence-electron chi connectivity index (χ0n) is 10.1. The molecule has 2 N–H and O–H groups in total. The minimum Gasteiger partial charge on any atom is -0.492 e. The Balaban J connectivity index is 1.67. The molecule has 2 rings (SSSR count). The van der Waals surface area contributed by atoms with E-state index >= 15 is 0 Å². The fraction of sp³-hybridized carbons (Fsp3) is 0.250. The molecule has 0 saturated carbocycles. The van der Waals surface area contributed by atoms with Crippen molar-refractivity contribution in [2.24, 2.45) is 0 Å². The van der Waals surface area contributed by atoms with Gasteiger partial charge in [-0.1, -0.05) is 23.7 Å². The molecule has 0 aliphatic heterocycles. The molecule has 0 aliphatic carbocycles. The standard InChI is InChI=1S/C12H13ClN4O2/c13-9-4-1-2-5-10(9)19-7-3-6-12(18)15-11-8-14-17-16-11/h1-2,4-5,8H,3,6-7H2,(H2,14,15,16,17,18). The third-order valence-corrected chi connectivity index (χ3v) is 2.64. The molecule has 2 aromatic rings. The smallest absolute Gasteiger partial charge is 0.225 e. The largest absolute Gasteiger partial charge is 0.492 e. The summed E-state index contributed by atoms with van der Waals surface area (Å²) < 4.78 is 5.48. The Morgan fingerprint density at radius 1 is 1.42 bits per heavy atom. The number of carbonyl (C=O) groups excluding carboxylic acids is 1. The van der Waals surface area contributed by atoms with Crippen LogP contribution < -0.4 is 10.1 Å². The summed E-state index contributed by atoms with van der Waals surface area (Å²) in [4.78, 5) is 11.5. The number of rotatable bonds is 6. The van der Waals surface area contributed by atoms with E-state index in [4.69, 9.17) is 16.3 Å². The predicted octanol–water partition coefficient (Wildman–Crippen LogP) is 2.26. The van der Waals surface area contributed by atoms with E-state index in [2.05, 4.69) is 20.7 Å². The minimum absolute atomic E-state index is 0.128. The van der Waals surface area contributed by atoms with Crippen molar-refractivity contribution in [2.75, 3.05) is 11.9 Å². The van der Waals surface area contributed by atoms with E-state index < -0.39 is 0 Å². The van der Waals surface area contributed by atoms with Crippen molar-refractivity contribution in [1.29, 1.82) is 0 Å². The highest BCUT2D eigenvalue weighted by atomic mass is 35.5. The van der Waals surface area contributed by atoms with Crippen molar-refractivity contribution in [3.63, 3.8) is 0 Å². The Labute approximate surface area is 115 Å². The molecular formula is C12H13ClN4O2. The molecule has 1 aromatic heterocycles. The number of benzene rings is 1. The second-order valence-corrected chi connectivity index (χ2v) is 4.19. The second kappa shape index (κ2) is 6.75. The number of para-hydroxylation sites is 1. The van der Waals surface area contributed by atoms with Gasteiger partial charge in [0.05, 0.1) is 17.8 Å². The Hall–Kier alpha value is -2.08. The normalized spacial score (nSPS) is 10.2. The van der Waals surface area contributed by atoms with E-state index in [9.17, 15) is 4.79 Å². The van der Waals surface area contributed by atoms with E-state index in [0.29, 0.717) is 36.0 Å². The Morgan fingerprint density at radius 2 is 2.26 bits per heavy atom. The van der Waals surface area contributed by atoms with E-state index in [1.54, 1.807) is 12.1 Å². The van der Waals surface area contributed by atoms with Gasteiger partial charge in [-0.25, -0.2) is 0 Å². The second-order valence-electron chi connectivity index (χ2n) is 3.79. The molecule has 0 radical (unpaired) electrons. The highest BCUT2D eigenvalue weighted by Crippen LogP contribution is 2.23. The first-order valence-electron chi connectivity index (χ1n) is 5.78. The molecule has 6 nitrogen and oxygen atoms in total. The lowest BCUT2D eigenvalue weighted by atomic mass is 10.3. The molecule has 19 heavy (non-hydrogen) atoms. The number of ether oxygens (including phenoxy) is 1. The molecular weight excluding hydrogens is 268 g/mol. The fourth-order valence-electron chi connectivity index (χ4n) is 1.44. The van der Waals surface area contributed by atoms with Crippen LogP contribution in [0.1, 0.15) is 12.8 Å².